The molecule has 0 saturated carbocycles. The van der Waals surface area contributed by atoms with E-state index in [9.17, 15) is 14.4 Å². The lowest BCUT2D eigenvalue weighted by Crippen LogP contribution is -2.49. The first-order valence-electron chi connectivity index (χ1n) is 6.03. The minimum atomic E-state index is -1.31. The first kappa shape index (κ1) is 16.0. The molecule has 0 aliphatic carbocycles. The highest BCUT2D eigenvalue weighted by atomic mass is 32.1. The number of nitrogens with one attached hydrogen (secondary N) is 1. The van der Waals surface area contributed by atoms with Crippen LogP contribution in [0.2, 0.25) is 0 Å². The number of amides is 3. The Hall–Kier alpha value is -2.09. The number of nitrogens with zero attached hydrogens (tertiary/aromatic N) is 1. The van der Waals surface area contributed by atoms with E-state index in [1.54, 1.807) is 6.92 Å². The van der Waals surface area contributed by atoms with E-state index in [2.05, 4.69) is 5.32 Å². The van der Waals surface area contributed by atoms with Crippen LogP contribution in [0, 0.1) is 0 Å². The molecule has 3 amide bonds. The van der Waals surface area contributed by atoms with Crippen LogP contribution in [0.3, 0.4) is 0 Å². The highest BCUT2D eigenvalue weighted by molar-refractivity contribution is 7.09. The number of urea groups is 1. The van der Waals surface area contributed by atoms with Crippen molar-refractivity contribution < 1.29 is 19.5 Å². The quantitative estimate of drug-likeness (QED) is 0.684. The standard InChI is InChI=1S/C12H17N3O4S/c1-2-15(7-8-4-3-5-20-8)12(19)14-9(11(17)18)6-10(13)16/h3-5,9H,2,6-7H2,1H3,(H2,13,16)(H,14,19)(H,17,18)/t9-/m1/s1. The summed E-state index contributed by atoms with van der Waals surface area (Å²) in [6.45, 7) is 2.60. The summed E-state index contributed by atoms with van der Waals surface area (Å²) >= 11 is 1.51. The van der Waals surface area contributed by atoms with Crippen LogP contribution in [-0.4, -0.2) is 40.5 Å². The van der Waals surface area contributed by atoms with Crippen molar-refractivity contribution in [2.45, 2.75) is 25.9 Å². The minimum Gasteiger partial charge on any atom is -0.480 e. The van der Waals surface area contributed by atoms with Gasteiger partial charge >= 0.3 is 12.0 Å². The van der Waals surface area contributed by atoms with Gasteiger partial charge in [0.15, 0.2) is 0 Å². The zero-order chi connectivity index (χ0) is 15.1. The average molecular weight is 299 g/mol. The molecule has 4 N–H and O–H groups in total. The molecule has 0 fully saturated rings. The van der Waals surface area contributed by atoms with Crippen molar-refractivity contribution in [2.75, 3.05) is 6.54 Å². The number of thiophene rings is 1. The Morgan fingerprint density at radius 1 is 1.50 bits per heavy atom. The molecule has 1 rings (SSSR count). The molecule has 0 unspecified atom stereocenters. The second-order valence-corrected chi connectivity index (χ2v) is 5.14. The van der Waals surface area contributed by atoms with Crippen LogP contribution in [0.25, 0.3) is 0 Å². The molecule has 0 saturated heterocycles. The van der Waals surface area contributed by atoms with Crippen molar-refractivity contribution in [3.8, 4) is 0 Å². The van der Waals surface area contributed by atoms with Gasteiger partial charge in [0.25, 0.3) is 0 Å². The number of carbonyl (C=O) groups is 3. The van der Waals surface area contributed by atoms with Crippen LogP contribution in [-0.2, 0) is 16.1 Å². The van der Waals surface area contributed by atoms with Crippen LogP contribution < -0.4 is 11.1 Å². The van der Waals surface area contributed by atoms with Gasteiger partial charge in [-0.25, -0.2) is 9.59 Å². The lowest BCUT2D eigenvalue weighted by atomic mass is 10.2. The summed E-state index contributed by atoms with van der Waals surface area (Å²) in [5.74, 6) is -2.07. The maximum Gasteiger partial charge on any atom is 0.326 e. The summed E-state index contributed by atoms with van der Waals surface area (Å²) < 4.78 is 0. The predicted molar refractivity (Wildman–Crippen MR) is 74.2 cm³/mol. The van der Waals surface area contributed by atoms with Gasteiger partial charge in [0, 0.05) is 11.4 Å². The van der Waals surface area contributed by atoms with E-state index in [-0.39, 0.29) is 0 Å². The fourth-order valence-electron chi connectivity index (χ4n) is 1.56. The maximum absolute atomic E-state index is 12.0. The molecular weight excluding hydrogens is 282 g/mol. The Balaban J connectivity index is 2.65. The molecule has 0 aliphatic heterocycles. The Kier molecular flexibility index (Phi) is 5.98. The summed E-state index contributed by atoms with van der Waals surface area (Å²) in [5.41, 5.74) is 4.96. The monoisotopic (exact) mass is 299 g/mol. The molecule has 0 radical (unpaired) electrons. The van der Waals surface area contributed by atoms with Gasteiger partial charge in [0.2, 0.25) is 5.91 Å². The summed E-state index contributed by atoms with van der Waals surface area (Å²) in [7, 11) is 0. The van der Waals surface area contributed by atoms with E-state index in [0.717, 1.165) is 4.88 Å². The number of carboxylic acid groups (broad SMARTS) is 1. The van der Waals surface area contributed by atoms with Crippen molar-refractivity contribution in [3.05, 3.63) is 22.4 Å². The predicted octanol–water partition coefficient (Wildman–Crippen LogP) is 0.608. The number of carboxylic acids is 1. The summed E-state index contributed by atoms with van der Waals surface area (Å²) in [6.07, 6.45) is -0.433. The maximum atomic E-state index is 12.0. The van der Waals surface area contributed by atoms with Crippen LogP contribution in [0.4, 0.5) is 4.79 Å². The molecule has 20 heavy (non-hydrogen) atoms. The molecule has 0 aliphatic rings. The van der Waals surface area contributed by atoms with E-state index in [4.69, 9.17) is 10.8 Å². The number of hydrogen-bond acceptors (Lipinski definition) is 4. The number of aliphatic carboxylic acids is 1. The molecule has 8 heteroatoms. The van der Waals surface area contributed by atoms with Gasteiger partial charge in [0.1, 0.15) is 6.04 Å². The zero-order valence-corrected chi connectivity index (χ0v) is 11.9. The molecule has 0 bridgehead atoms. The lowest BCUT2D eigenvalue weighted by Gasteiger charge is -2.23. The van der Waals surface area contributed by atoms with Crippen LogP contribution in [0.15, 0.2) is 17.5 Å². The van der Waals surface area contributed by atoms with Gasteiger partial charge in [-0.05, 0) is 18.4 Å². The Bertz CT molecular complexity index is 475. The normalized spacial score (nSPS) is 11.7. The highest BCUT2D eigenvalue weighted by Gasteiger charge is 2.24. The fourth-order valence-corrected chi connectivity index (χ4v) is 2.28. The topological polar surface area (TPSA) is 113 Å². The summed E-state index contributed by atoms with van der Waals surface area (Å²) in [6, 6.07) is 1.92. The molecule has 0 spiro atoms. The highest BCUT2D eigenvalue weighted by Crippen LogP contribution is 2.12. The van der Waals surface area contributed by atoms with Crippen LogP contribution >= 0.6 is 11.3 Å². The smallest absolute Gasteiger partial charge is 0.326 e. The second-order valence-electron chi connectivity index (χ2n) is 4.10. The van der Waals surface area contributed by atoms with E-state index in [0.29, 0.717) is 13.1 Å². The van der Waals surface area contributed by atoms with Crippen LogP contribution in [0.1, 0.15) is 18.2 Å². The zero-order valence-electron chi connectivity index (χ0n) is 11.0. The third-order valence-electron chi connectivity index (χ3n) is 2.60. The minimum absolute atomic E-state index is 0.392. The van der Waals surface area contributed by atoms with E-state index in [1.165, 1.54) is 16.2 Å². The third-order valence-corrected chi connectivity index (χ3v) is 3.46. The van der Waals surface area contributed by atoms with Gasteiger partial charge < -0.3 is 21.1 Å². The van der Waals surface area contributed by atoms with Crippen molar-refractivity contribution >= 4 is 29.2 Å². The first-order chi connectivity index (χ1) is 9.43. The largest absolute Gasteiger partial charge is 0.480 e. The molecule has 1 aromatic heterocycles. The third kappa shape index (κ3) is 4.88. The van der Waals surface area contributed by atoms with Gasteiger partial charge in [-0.15, -0.1) is 11.3 Å². The van der Waals surface area contributed by atoms with E-state index >= 15 is 0 Å². The first-order valence-corrected chi connectivity index (χ1v) is 6.91. The number of rotatable bonds is 7. The van der Waals surface area contributed by atoms with Crippen molar-refractivity contribution in [3.63, 3.8) is 0 Å². The van der Waals surface area contributed by atoms with Crippen molar-refractivity contribution in [1.29, 1.82) is 0 Å². The van der Waals surface area contributed by atoms with Gasteiger partial charge in [0.05, 0.1) is 13.0 Å². The van der Waals surface area contributed by atoms with Crippen LogP contribution in [0.5, 0.6) is 0 Å². The molecule has 1 aromatic rings. The van der Waals surface area contributed by atoms with Crippen molar-refractivity contribution in [1.82, 2.24) is 10.2 Å². The number of nitrogens with two attached hydrogens (primary N) is 1. The molecule has 1 heterocycles. The Morgan fingerprint density at radius 3 is 2.65 bits per heavy atom. The lowest BCUT2D eigenvalue weighted by molar-refractivity contribution is -0.140. The van der Waals surface area contributed by atoms with Gasteiger partial charge in [-0.3, -0.25) is 4.79 Å². The van der Waals surface area contributed by atoms with Gasteiger partial charge in [-0.1, -0.05) is 6.07 Å². The molecule has 0 aromatic carbocycles. The molecule has 1 atom stereocenters. The van der Waals surface area contributed by atoms with Crippen molar-refractivity contribution in [2.24, 2.45) is 5.73 Å². The molecule has 110 valence electrons. The second kappa shape index (κ2) is 7.49. The Morgan fingerprint density at radius 2 is 2.20 bits per heavy atom. The average Bonchev–Trinajstić information content (AvgIpc) is 2.87. The summed E-state index contributed by atoms with van der Waals surface area (Å²) in [5, 5.41) is 13.1. The van der Waals surface area contributed by atoms with E-state index < -0.39 is 30.4 Å². The SMILES string of the molecule is CCN(Cc1cccs1)C(=O)N[C@H](CC(N)=O)C(=O)O. The number of hydrogen-bond donors (Lipinski definition) is 3. The van der Waals surface area contributed by atoms with E-state index in [1.807, 2.05) is 17.5 Å². The number of carbonyl (C=O) groups excluding carboxylic acids is 2. The summed E-state index contributed by atoms with van der Waals surface area (Å²) in [4.78, 5) is 36.2. The van der Waals surface area contributed by atoms with Gasteiger partial charge in [-0.2, -0.15) is 0 Å². The Labute approximate surface area is 120 Å². The number of primary amides is 1. The molecule has 7 nitrogen and oxygen atoms in total. The fraction of sp³-hybridized carbons (Fsp3) is 0.417. The molecular formula is C12H17N3O4S.